The second kappa shape index (κ2) is 12.0. The number of benzene rings is 3. The quantitative estimate of drug-likeness (QED) is 0.283. The number of halogens is 1. The zero-order valence-electron chi connectivity index (χ0n) is 20.8. The van der Waals surface area contributed by atoms with Gasteiger partial charge in [-0.3, -0.25) is 13.9 Å². The van der Waals surface area contributed by atoms with Gasteiger partial charge in [-0.25, -0.2) is 13.8 Å². The normalized spacial score (nSPS) is 11.5. The Hall–Kier alpha value is -3.70. The molecule has 11 heteroatoms. The second-order valence-electron chi connectivity index (χ2n) is 8.13. The minimum absolute atomic E-state index is 0.00695. The Bertz CT molecular complexity index is 1420. The van der Waals surface area contributed by atoms with Gasteiger partial charge in [-0.15, -0.1) is 0 Å². The number of carbonyl (C=O) groups is 2. The SMILES string of the molecule is COc1ccc(S(=O)(=O)N(CC(=O)N/N=C(/C)c2ccc(NC(C)=O)cc2)c2ccc(C)cc2)cc1Br. The first-order chi connectivity index (χ1) is 17.5. The number of nitrogens with one attached hydrogen (secondary N) is 2. The van der Waals surface area contributed by atoms with Gasteiger partial charge in [0.05, 0.1) is 27.9 Å². The highest BCUT2D eigenvalue weighted by Gasteiger charge is 2.28. The number of ether oxygens (including phenoxy) is 1. The van der Waals surface area contributed by atoms with Crippen molar-refractivity contribution < 1.29 is 22.7 Å². The first kappa shape index (κ1) is 27.9. The van der Waals surface area contributed by atoms with E-state index in [1.54, 1.807) is 55.5 Å². The van der Waals surface area contributed by atoms with Crippen LogP contribution in [0, 0.1) is 6.92 Å². The van der Waals surface area contributed by atoms with E-state index in [1.165, 1.54) is 32.2 Å². The van der Waals surface area contributed by atoms with Gasteiger partial charge in [-0.05, 0) is 77.8 Å². The van der Waals surface area contributed by atoms with Crippen LogP contribution in [0.15, 0.2) is 81.2 Å². The van der Waals surface area contributed by atoms with Gasteiger partial charge in [-0.2, -0.15) is 5.10 Å². The molecule has 0 fully saturated rings. The molecular weight excluding hydrogens is 560 g/mol. The van der Waals surface area contributed by atoms with Crippen molar-refractivity contribution in [2.75, 3.05) is 23.3 Å². The Kier molecular flexibility index (Phi) is 9.06. The summed E-state index contributed by atoms with van der Waals surface area (Å²) in [5, 5.41) is 6.80. The van der Waals surface area contributed by atoms with Crippen LogP contribution in [0.2, 0.25) is 0 Å². The lowest BCUT2D eigenvalue weighted by Gasteiger charge is -2.24. The largest absolute Gasteiger partial charge is 0.496 e. The van der Waals surface area contributed by atoms with Gasteiger partial charge in [0, 0.05) is 12.6 Å². The highest BCUT2D eigenvalue weighted by molar-refractivity contribution is 9.10. The van der Waals surface area contributed by atoms with E-state index in [4.69, 9.17) is 4.74 Å². The van der Waals surface area contributed by atoms with Crippen LogP contribution in [0.25, 0.3) is 0 Å². The van der Waals surface area contributed by atoms with E-state index in [9.17, 15) is 18.0 Å². The average Bonchev–Trinajstić information content (AvgIpc) is 2.86. The highest BCUT2D eigenvalue weighted by atomic mass is 79.9. The molecule has 3 aromatic rings. The molecule has 2 amide bonds. The molecule has 0 saturated carbocycles. The molecule has 0 heterocycles. The Labute approximate surface area is 224 Å². The maximum Gasteiger partial charge on any atom is 0.264 e. The number of aryl methyl sites for hydroxylation is 1. The lowest BCUT2D eigenvalue weighted by atomic mass is 10.1. The highest BCUT2D eigenvalue weighted by Crippen LogP contribution is 2.30. The molecule has 9 nitrogen and oxygen atoms in total. The van der Waals surface area contributed by atoms with Crippen LogP contribution >= 0.6 is 15.9 Å². The number of anilines is 2. The third kappa shape index (κ3) is 7.17. The number of methoxy groups -OCH3 is 1. The molecule has 0 spiro atoms. The van der Waals surface area contributed by atoms with Gasteiger partial charge in [0.2, 0.25) is 5.91 Å². The lowest BCUT2D eigenvalue weighted by molar-refractivity contribution is -0.119. The van der Waals surface area contributed by atoms with Gasteiger partial charge >= 0.3 is 0 Å². The molecule has 2 N–H and O–H groups in total. The molecule has 0 saturated heterocycles. The number of amides is 2. The summed E-state index contributed by atoms with van der Waals surface area (Å²) in [7, 11) is -2.63. The summed E-state index contributed by atoms with van der Waals surface area (Å²) >= 11 is 3.32. The van der Waals surface area contributed by atoms with E-state index in [1.807, 2.05) is 6.92 Å². The van der Waals surface area contributed by atoms with E-state index in [-0.39, 0.29) is 10.8 Å². The molecule has 194 valence electrons. The van der Waals surface area contributed by atoms with Crippen molar-refractivity contribution in [1.82, 2.24) is 5.43 Å². The summed E-state index contributed by atoms with van der Waals surface area (Å²) in [5.41, 5.74) is 5.58. The molecule has 0 atom stereocenters. The van der Waals surface area contributed by atoms with Crippen LogP contribution in [-0.4, -0.2) is 39.6 Å². The van der Waals surface area contributed by atoms with Crippen molar-refractivity contribution in [2.24, 2.45) is 5.10 Å². The first-order valence-electron chi connectivity index (χ1n) is 11.2. The van der Waals surface area contributed by atoms with E-state index in [2.05, 4.69) is 31.8 Å². The number of sulfonamides is 1. The monoisotopic (exact) mass is 586 g/mol. The number of hydrogen-bond donors (Lipinski definition) is 2. The van der Waals surface area contributed by atoms with E-state index >= 15 is 0 Å². The fourth-order valence-electron chi connectivity index (χ4n) is 3.34. The summed E-state index contributed by atoms with van der Waals surface area (Å²) in [6.07, 6.45) is 0. The fraction of sp³-hybridized carbons (Fsp3) is 0.192. The molecule has 0 aliphatic carbocycles. The van der Waals surface area contributed by atoms with Crippen LogP contribution in [-0.2, 0) is 19.6 Å². The summed E-state index contributed by atoms with van der Waals surface area (Å²) in [4.78, 5) is 24.0. The number of hydrogen-bond acceptors (Lipinski definition) is 6. The molecule has 3 aromatic carbocycles. The van der Waals surface area contributed by atoms with E-state index in [0.717, 1.165) is 15.4 Å². The van der Waals surface area contributed by atoms with Crippen LogP contribution in [0.4, 0.5) is 11.4 Å². The topological polar surface area (TPSA) is 117 Å². The first-order valence-corrected chi connectivity index (χ1v) is 13.4. The van der Waals surface area contributed by atoms with Gasteiger partial charge in [0.1, 0.15) is 12.3 Å². The zero-order valence-corrected chi connectivity index (χ0v) is 23.2. The molecule has 0 radical (unpaired) electrons. The number of hydrazone groups is 1. The minimum atomic E-state index is -4.11. The molecule has 37 heavy (non-hydrogen) atoms. The van der Waals surface area contributed by atoms with Crippen molar-refractivity contribution in [1.29, 1.82) is 0 Å². The molecule has 0 aliphatic heterocycles. The molecule has 0 aliphatic rings. The number of nitrogens with zero attached hydrogens (tertiary/aromatic N) is 2. The smallest absolute Gasteiger partial charge is 0.264 e. The summed E-state index contributed by atoms with van der Waals surface area (Å²) in [5.74, 6) is -0.320. The summed E-state index contributed by atoms with van der Waals surface area (Å²) in [6, 6.07) is 18.2. The molecular formula is C26H27BrN4O5S. The van der Waals surface area contributed by atoms with Crippen LogP contribution in [0.3, 0.4) is 0 Å². The zero-order chi connectivity index (χ0) is 27.2. The maximum absolute atomic E-state index is 13.6. The van der Waals surface area contributed by atoms with Gasteiger partial charge < -0.3 is 10.1 Å². The average molecular weight is 587 g/mol. The van der Waals surface area contributed by atoms with Crippen LogP contribution in [0.5, 0.6) is 5.75 Å². The Morgan fingerprint density at radius 3 is 2.22 bits per heavy atom. The van der Waals surface area contributed by atoms with Crippen molar-refractivity contribution in [3.05, 3.63) is 82.3 Å². The second-order valence-corrected chi connectivity index (χ2v) is 10.9. The summed E-state index contributed by atoms with van der Waals surface area (Å²) < 4.78 is 33.9. The number of carbonyl (C=O) groups excluding carboxylic acids is 2. The molecule has 3 rings (SSSR count). The number of rotatable bonds is 9. The lowest BCUT2D eigenvalue weighted by Crippen LogP contribution is -2.39. The standard InChI is InChI=1S/C26H27BrN4O5S/c1-17-5-11-22(12-6-17)31(37(34,35)23-13-14-25(36-4)24(27)15-23)16-26(33)30-29-18(2)20-7-9-21(10-8-20)28-19(3)32/h5-15H,16H2,1-4H3,(H,28,32)(H,30,33)/b29-18-. The van der Waals surface area contributed by atoms with Crippen molar-refractivity contribution in [3.8, 4) is 5.75 Å². The molecule has 0 aromatic heterocycles. The van der Waals surface area contributed by atoms with Crippen molar-refractivity contribution in [2.45, 2.75) is 25.7 Å². The van der Waals surface area contributed by atoms with E-state index < -0.39 is 22.5 Å². The van der Waals surface area contributed by atoms with Crippen LogP contribution in [0.1, 0.15) is 25.0 Å². The third-order valence-corrected chi connectivity index (χ3v) is 7.68. The van der Waals surface area contributed by atoms with Gasteiger partial charge in [-0.1, -0.05) is 29.8 Å². The minimum Gasteiger partial charge on any atom is -0.496 e. The Morgan fingerprint density at radius 2 is 1.65 bits per heavy atom. The van der Waals surface area contributed by atoms with Crippen molar-refractivity contribution in [3.63, 3.8) is 0 Å². The Morgan fingerprint density at radius 1 is 1.00 bits per heavy atom. The van der Waals surface area contributed by atoms with Gasteiger partial charge in [0.25, 0.3) is 15.9 Å². The van der Waals surface area contributed by atoms with Crippen molar-refractivity contribution >= 4 is 54.9 Å². The fourth-order valence-corrected chi connectivity index (χ4v) is 5.48. The molecule has 0 unspecified atom stereocenters. The van der Waals surface area contributed by atoms with Gasteiger partial charge in [0.15, 0.2) is 0 Å². The predicted octanol–water partition coefficient (Wildman–Crippen LogP) is 4.46. The van der Waals surface area contributed by atoms with E-state index in [0.29, 0.717) is 27.3 Å². The Balaban J connectivity index is 1.84. The van der Waals surface area contributed by atoms with Crippen LogP contribution < -0.4 is 19.8 Å². The molecule has 0 bridgehead atoms. The third-order valence-electron chi connectivity index (χ3n) is 5.29. The predicted molar refractivity (Wildman–Crippen MR) is 148 cm³/mol. The maximum atomic E-state index is 13.6. The summed E-state index contributed by atoms with van der Waals surface area (Å²) in [6.45, 7) is 4.52.